The number of halogens is 4. The van der Waals surface area contributed by atoms with E-state index in [-0.39, 0.29) is 22.9 Å². The van der Waals surface area contributed by atoms with E-state index in [2.05, 4.69) is 15.9 Å². The number of alkyl halides is 3. The standard InChI is InChI=1S/C11H11BrF3NO3/c12-7-4-5(11(13,14)15)3-6(10(7)19)8(16)1-2-9(17)18/h3-4,8,19H,1-2,16H2,(H,17,18). The van der Waals surface area contributed by atoms with Crippen molar-refractivity contribution in [3.8, 4) is 5.75 Å². The lowest BCUT2D eigenvalue weighted by Gasteiger charge is -2.16. The minimum atomic E-state index is -4.57. The molecule has 1 aromatic rings. The third-order valence-corrected chi connectivity index (χ3v) is 3.09. The number of nitrogens with two attached hydrogens (primary N) is 1. The largest absolute Gasteiger partial charge is 0.506 e. The first-order valence-corrected chi connectivity index (χ1v) is 5.99. The third kappa shape index (κ3) is 4.10. The normalized spacial score (nSPS) is 13.3. The molecule has 0 saturated heterocycles. The van der Waals surface area contributed by atoms with E-state index in [1.54, 1.807) is 0 Å². The van der Waals surface area contributed by atoms with E-state index in [4.69, 9.17) is 10.8 Å². The quantitative estimate of drug-likeness (QED) is 0.785. The molecule has 0 aliphatic heterocycles. The fourth-order valence-corrected chi connectivity index (χ4v) is 1.98. The predicted molar refractivity (Wildman–Crippen MR) is 64.6 cm³/mol. The molecule has 0 aromatic heterocycles. The van der Waals surface area contributed by atoms with Gasteiger partial charge in [-0.1, -0.05) is 0 Å². The highest BCUT2D eigenvalue weighted by Crippen LogP contribution is 2.39. The van der Waals surface area contributed by atoms with Crippen LogP contribution in [-0.4, -0.2) is 16.2 Å². The number of carbonyl (C=O) groups is 1. The van der Waals surface area contributed by atoms with Crippen LogP contribution in [0.5, 0.6) is 5.75 Å². The summed E-state index contributed by atoms with van der Waals surface area (Å²) in [5.74, 6) is -1.52. The van der Waals surface area contributed by atoms with E-state index in [0.717, 1.165) is 12.1 Å². The first kappa shape index (κ1) is 15.8. The van der Waals surface area contributed by atoms with E-state index in [1.165, 1.54) is 0 Å². The van der Waals surface area contributed by atoms with Gasteiger partial charge in [-0.05, 0) is 34.5 Å². The summed E-state index contributed by atoms with van der Waals surface area (Å²) in [6, 6.07) is 0.477. The van der Waals surface area contributed by atoms with Gasteiger partial charge in [0, 0.05) is 18.0 Å². The van der Waals surface area contributed by atoms with Crippen molar-refractivity contribution >= 4 is 21.9 Å². The van der Waals surface area contributed by atoms with Gasteiger partial charge in [0.15, 0.2) is 0 Å². The topological polar surface area (TPSA) is 83.6 Å². The Morgan fingerprint density at radius 3 is 2.47 bits per heavy atom. The maximum atomic E-state index is 12.6. The van der Waals surface area contributed by atoms with Gasteiger partial charge in [0.1, 0.15) is 5.75 Å². The second-order valence-corrected chi connectivity index (χ2v) is 4.79. The molecule has 0 aliphatic rings. The summed E-state index contributed by atoms with van der Waals surface area (Å²) in [5.41, 5.74) is 4.52. The van der Waals surface area contributed by atoms with Gasteiger partial charge in [0.05, 0.1) is 10.0 Å². The average molecular weight is 342 g/mol. The lowest BCUT2D eigenvalue weighted by Crippen LogP contribution is -2.14. The summed E-state index contributed by atoms with van der Waals surface area (Å²) in [4.78, 5) is 10.4. The van der Waals surface area contributed by atoms with E-state index in [9.17, 15) is 23.1 Å². The maximum absolute atomic E-state index is 12.6. The van der Waals surface area contributed by atoms with Crippen molar-refractivity contribution in [1.82, 2.24) is 0 Å². The smallest absolute Gasteiger partial charge is 0.416 e. The minimum absolute atomic E-state index is 0.0728. The van der Waals surface area contributed by atoms with E-state index in [0.29, 0.717) is 0 Å². The van der Waals surface area contributed by atoms with Crippen molar-refractivity contribution in [2.45, 2.75) is 25.1 Å². The molecule has 0 bridgehead atoms. The highest BCUT2D eigenvalue weighted by atomic mass is 79.9. The van der Waals surface area contributed by atoms with Crippen molar-refractivity contribution in [3.63, 3.8) is 0 Å². The zero-order valence-corrected chi connectivity index (χ0v) is 11.1. The van der Waals surface area contributed by atoms with Gasteiger partial charge in [-0.3, -0.25) is 4.79 Å². The van der Waals surface area contributed by atoms with Crippen molar-refractivity contribution < 1.29 is 28.2 Å². The zero-order chi connectivity index (χ0) is 14.8. The molecule has 8 heteroatoms. The Hall–Kier alpha value is -1.28. The SMILES string of the molecule is NC(CCC(=O)O)c1cc(C(F)(F)F)cc(Br)c1O. The van der Waals surface area contributed by atoms with Crippen LogP contribution in [0.15, 0.2) is 16.6 Å². The molecule has 0 amide bonds. The Balaban J connectivity index is 3.12. The molecule has 0 aliphatic carbocycles. The molecule has 0 heterocycles. The molecule has 0 fully saturated rings. The second kappa shape index (κ2) is 5.79. The van der Waals surface area contributed by atoms with Crippen LogP contribution in [0.25, 0.3) is 0 Å². The second-order valence-electron chi connectivity index (χ2n) is 3.93. The van der Waals surface area contributed by atoms with E-state index in [1.807, 2.05) is 0 Å². The summed E-state index contributed by atoms with van der Waals surface area (Å²) >= 11 is 2.82. The number of hydrogen-bond donors (Lipinski definition) is 3. The van der Waals surface area contributed by atoms with Crippen molar-refractivity contribution in [2.24, 2.45) is 5.73 Å². The van der Waals surface area contributed by atoms with Crippen LogP contribution in [0, 0.1) is 0 Å². The summed E-state index contributed by atoms with van der Waals surface area (Å²) < 4.78 is 37.7. The first-order chi connectivity index (χ1) is 8.62. The van der Waals surface area contributed by atoms with E-state index >= 15 is 0 Å². The lowest BCUT2D eigenvalue weighted by atomic mass is 9.99. The van der Waals surface area contributed by atoms with E-state index < -0.39 is 29.5 Å². The highest BCUT2D eigenvalue weighted by molar-refractivity contribution is 9.10. The number of aromatic hydroxyl groups is 1. The molecule has 1 unspecified atom stereocenters. The Bertz CT molecular complexity index is 491. The monoisotopic (exact) mass is 341 g/mol. The van der Waals surface area contributed by atoms with Gasteiger partial charge in [-0.15, -0.1) is 0 Å². The maximum Gasteiger partial charge on any atom is 0.416 e. The third-order valence-electron chi connectivity index (χ3n) is 2.49. The lowest BCUT2D eigenvalue weighted by molar-refractivity contribution is -0.138. The number of rotatable bonds is 4. The summed E-state index contributed by atoms with van der Waals surface area (Å²) in [6.45, 7) is 0. The molecule has 0 saturated carbocycles. The Morgan fingerprint density at radius 2 is 2.00 bits per heavy atom. The van der Waals surface area contributed by atoms with Crippen LogP contribution >= 0.6 is 15.9 Å². The fourth-order valence-electron chi connectivity index (χ4n) is 1.50. The molecule has 4 N–H and O–H groups in total. The minimum Gasteiger partial charge on any atom is -0.506 e. The number of carboxylic acids is 1. The van der Waals surface area contributed by atoms with Crippen molar-refractivity contribution in [1.29, 1.82) is 0 Å². The number of hydrogen-bond acceptors (Lipinski definition) is 3. The van der Waals surface area contributed by atoms with Crippen LogP contribution in [-0.2, 0) is 11.0 Å². The van der Waals surface area contributed by atoms with Crippen LogP contribution in [0.4, 0.5) is 13.2 Å². The van der Waals surface area contributed by atoms with Crippen LogP contribution in [0.3, 0.4) is 0 Å². The molecule has 4 nitrogen and oxygen atoms in total. The molecule has 106 valence electrons. The van der Waals surface area contributed by atoms with Crippen molar-refractivity contribution in [3.05, 3.63) is 27.7 Å². The van der Waals surface area contributed by atoms with Gasteiger partial charge < -0.3 is 15.9 Å². The number of benzene rings is 1. The predicted octanol–water partition coefficient (Wildman–Crippen LogP) is 3.04. The summed E-state index contributed by atoms with van der Waals surface area (Å²) in [6.07, 6.45) is -4.94. The van der Waals surface area contributed by atoms with Crippen LogP contribution in [0.1, 0.15) is 30.0 Å². The molecule has 1 rings (SSSR count). The van der Waals surface area contributed by atoms with Crippen molar-refractivity contribution in [2.75, 3.05) is 0 Å². The van der Waals surface area contributed by atoms with Gasteiger partial charge >= 0.3 is 12.1 Å². The Labute approximate surface area is 115 Å². The Kier molecular flexibility index (Phi) is 4.81. The molecular weight excluding hydrogens is 331 g/mol. The average Bonchev–Trinajstić information content (AvgIpc) is 2.27. The van der Waals surface area contributed by atoms with Gasteiger partial charge in [-0.25, -0.2) is 0 Å². The summed E-state index contributed by atoms with van der Waals surface area (Å²) in [5, 5.41) is 18.2. The first-order valence-electron chi connectivity index (χ1n) is 5.20. The number of phenolic OH excluding ortho intramolecular Hbond substituents is 1. The fraction of sp³-hybridized carbons (Fsp3) is 0.364. The molecule has 0 spiro atoms. The number of phenols is 1. The number of aliphatic carboxylic acids is 1. The van der Waals surface area contributed by atoms with Gasteiger partial charge in [0.25, 0.3) is 0 Å². The summed E-state index contributed by atoms with van der Waals surface area (Å²) in [7, 11) is 0. The molecule has 1 atom stereocenters. The molecule has 0 radical (unpaired) electrons. The van der Waals surface area contributed by atoms with Crippen LogP contribution in [0.2, 0.25) is 0 Å². The van der Waals surface area contributed by atoms with Gasteiger partial charge in [0.2, 0.25) is 0 Å². The highest BCUT2D eigenvalue weighted by Gasteiger charge is 2.32. The molecule has 1 aromatic carbocycles. The Morgan fingerprint density at radius 1 is 1.42 bits per heavy atom. The van der Waals surface area contributed by atoms with Crippen LogP contribution < -0.4 is 5.73 Å². The van der Waals surface area contributed by atoms with Gasteiger partial charge in [-0.2, -0.15) is 13.2 Å². The zero-order valence-electron chi connectivity index (χ0n) is 9.54. The molecule has 19 heavy (non-hydrogen) atoms. The molecular formula is C11H11BrF3NO3. The number of carboxylic acid groups (broad SMARTS) is 1.